The highest BCUT2D eigenvalue weighted by molar-refractivity contribution is 6.11. The maximum atomic E-state index is 5.82. The molecule has 2 saturated heterocycles. The van der Waals surface area contributed by atoms with E-state index in [4.69, 9.17) is 17.3 Å². The van der Waals surface area contributed by atoms with Crippen LogP contribution in [0.5, 0.6) is 0 Å². The van der Waals surface area contributed by atoms with Gasteiger partial charge in [0.15, 0.2) is 0 Å². The Bertz CT molecular complexity index is 185. The maximum absolute atomic E-state index is 5.82. The zero-order valence-electron chi connectivity index (χ0n) is 7.75. The minimum absolute atomic E-state index is 0.0162. The minimum atomic E-state index is -0.206. The number of fused-ring (bicyclic) bond motifs is 2. The minimum Gasteiger partial charge on any atom is -0.378 e. The van der Waals surface area contributed by atoms with E-state index in [9.17, 15) is 0 Å². The van der Waals surface area contributed by atoms with Gasteiger partial charge >= 0.3 is 0 Å². The van der Waals surface area contributed by atoms with Crippen molar-refractivity contribution in [1.82, 2.24) is 0 Å². The quantitative estimate of drug-likeness (QED) is 0.542. The molecule has 2 radical (unpaired) electrons. The van der Waals surface area contributed by atoms with Gasteiger partial charge in [0.05, 0.1) is 11.7 Å². The SMILES string of the molecule is [B][C@@H]1O[C@@]2(CC)CCOC1[C@H]2C. The largest absolute Gasteiger partial charge is 0.378 e. The first kappa shape index (κ1) is 8.58. The fraction of sp³-hybridized carbons (Fsp3) is 1.00. The Hall–Kier alpha value is -0.0151. The maximum Gasteiger partial charge on any atom is 0.112 e. The van der Waals surface area contributed by atoms with E-state index in [0.29, 0.717) is 5.92 Å². The lowest BCUT2D eigenvalue weighted by molar-refractivity contribution is -0.0683. The predicted molar refractivity (Wildman–Crippen MR) is 47.2 cm³/mol. The van der Waals surface area contributed by atoms with Crippen LogP contribution in [-0.2, 0) is 9.47 Å². The van der Waals surface area contributed by atoms with Crippen molar-refractivity contribution in [3.05, 3.63) is 0 Å². The molecule has 12 heavy (non-hydrogen) atoms. The molecule has 0 N–H and O–H groups in total. The molecule has 0 aromatic rings. The molecule has 0 amide bonds. The van der Waals surface area contributed by atoms with Crippen molar-refractivity contribution in [2.24, 2.45) is 5.92 Å². The summed E-state index contributed by atoms with van der Waals surface area (Å²) < 4.78 is 11.4. The molecule has 66 valence electrons. The summed E-state index contributed by atoms with van der Waals surface area (Å²) in [6.07, 6.45) is 2.16. The number of hydrogen-bond acceptors (Lipinski definition) is 2. The lowest BCUT2D eigenvalue weighted by Gasteiger charge is -2.36. The Kier molecular flexibility index (Phi) is 1.96. The second-order valence-corrected chi connectivity index (χ2v) is 3.87. The monoisotopic (exact) mass is 166 g/mol. The molecule has 1 unspecified atom stereocenters. The summed E-state index contributed by atoms with van der Waals surface area (Å²) in [5, 5.41) is 0. The molecule has 0 saturated carbocycles. The van der Waals surface area contributed by atoms with Crippen molar-refractivity contribution >= 4 is 7.85 Å². The van der Waals surface area contributed by atoms with Gasteiger partial charge in [-0.2, -0.15) is 0 Å². The lowest BCUT2D eigenvalue weighted by Crippen LogP contribution is -2.42. The van der Waals surface area contributed by atoms with E-state index >= 15 is 0 Å². The topological polar surface area (TPSA) is 18.5 Å². The summed E-state index contributed by atoms with van der Waals surface area (Å²) >= 11 is 0. The van der Waals surface area contributed by atoms with E-state index in [0.717, 1.165) is 19.4 Å². The van der Waals surface area contributed by atoms with E-state index in [1.807, 2.05) is 0 Å². The van der Waals surface area contributed by atoms with Crippen molar-refractivity contribution in [1.29, 1.82) is 0 Å². The molecule has 0 aliphatic carbocycles. The number of ether oxygens (including phenoxy) is 2. The van der Waals surface area contributed by atoms with Gasteiger partial charge in [-0.05, 0) is 6.42 Å². The summed E-state index contributed by atoms with van der Waals surface area (Å²) in [4.78, 5) is 0. The van der Waals surface area contributed by atoms with Crippen molar-refractivity contribution < 1.29 is 9.47 Å². The van der Waals surface area contributed by atoms with Crippen LogP contribution in [0.4, 0.5) is 0 Å². The van der Waals surface area contributed by atoms with Crippen molar-refractivity contribution in [2.45, 2.75) is 44.4 Å². The average Bonchev–Trinajstić information content (AvgIpc) is 2.23. The first-order valence-electron chi connectivity index (χ1n) is 4.74. The van der Waals surface area contributed by atoms with E-state index in [2.05, 4.69) is 13.8 Å². The highest BCUT2D eigenvalue weighted by atomic mass is 16.6. The van der Waals surface area contributed by atoms with Crippen LogP contribution in [0.2, 0.25) is 0 Å². The molecule has 4 atom stereocenters. The Labute approximate surface area is 75.0 Å². The summed E-state index contributed by atoms with van der Waals surface area (Å²) in [6.45, 7) is 5.15. The van der Waals surface area contributed by atoms with Gasteiger partial charge in [-0.1, -0.05) is 13.8 Å². The fourth-order valence-electron chi connectivity index (χ4n) is 2.50. The second-order valence-electron chi connectivity index (χ2n) is 3.87. The summed E-state index contributed by atoms with van der Waals surface area (Å²) in [5.41, 5.74) is 0.0162. The molecule has 0 spiro atoms. The summed E-state index contributed by atoms with van der Waals surface area (Å²) in [7, 11) is 5.82. The molecular formula is C9H15BO2. The molecular weight excluding hydrogens is 151 g/mol. The zero-order valence-corrected chi connectivity index (χ0v) is 7.75. The standard InChI is InChI=1S/C9H15BO2/c1-3-9-4-5-11-7(6(9)2)8(10)12-9/h6-8H,3-5H2,1-2H3/t6-,7?,8-,9+/m1/s1. The summed E-state index contributed by atoms with van der Waals surface area (Å²) in [6, 6.07) is -0.206. The van der Waals surface area contributed by atoms with Gasteiger partial charge < -0.3 is 9.47 Å². The van der Waals surface area contributed by atoms with Gasteiger partial charge in [0.25, 0.3) is 0 Å². The highest BCUT2D eigenvalue weighted by Gasteiger charge is 2.52. The van der Waals surface area contributed by atoms with Gasteiger partial charge in [-0.15, -0.1) is 0 Å². The molecule has 2 nitrogen and oxygen atoms in total. The van der Waals surface area contributed by atoms with Gasteiger partial charge in [0.1, 0.15) is 7.85 Å². The van der Waals surface area contributed by atoms with Crippen LogP contribution < -0.4 is 0 Å². The molecule has 2 aliphatic rings. The smallest absolute Gasteiger partial charge is 0.112 e. The van der Waals surface area contributed by atoms with Crippen LogP contribution in [0.3, 0.4) is 0 Å². The van der Waals surface area contributed by atoms with Crippen LogP contribution in [-0.4, -0.2) is 32.2 Å². The number of hydrogen-bond donors (Lipinski definition) is 0. The van der Waals surface area contributed by atoms with E-state index in [1.54, 1.807) is 0 Å². The second kappa shape index (κ2) is 2.74. The van der Waals surface area contributed by atoms with Gasteiger partial charge in [-0.25, -0.2) is 0 Å². The molecule has 0 aromatic heterocycles. The van der Waals surface area contributed by atoms with E-state index in [-0.39, 0.29) is 17.7 Å². The normalized spacial score (nSPS) is 52.7. The van der Waals surface area contributed by atoms with E-state index < -0.39 is 0 Å². The van der Waals surface area contributed by atoms with Crippen LogP contribution in [0, 0.1) is 5.92 Å². The Balaban J connectivity index is 2.24. The van der Waals surface area contributed by atoms with Crippen molar-refractivity contribution in [3.63, 3.8) is 0 Å². The van der Waals surface area contributed by atoms with Crippen LogP contribution in [0.1, 0.15) is 26.7 Å². The third-order valence-corrected chi connectivity index (χ3v) is 3.45. The van der Waals surface area contributed by atoms with Crippen LogP contribution in [0.25, 0.3) is 0 Å². The number of rotatable bonds is 1. The first-order valence-corrected chi connectivity index (χ1v) is 4.74. The van der Waals surface area contributed by atoms with Gasteiger partial charge in [0.2, 0.25) is 0 Å². The molecule has 0 aromatic carbocycles. The third-order valence-electron chi connectivity index (χ3n) is 3.45. The van der Waals surface area contributed by atoms with Crippen LogP contribution >= 0.6 is 0 Å². The molecule has 2 fully saturated rings. The molecule has 3 heteroatoms. The lowest BCUT2D eigenvalue weighted by atomic mass is 9.78. The first-order chi connectivity index (χ1) is 5.69. The van der Waals surface area contributed by atoms with Gasteiger partial charge in [-0.3, -0.25) is 0 Å². The average molecular weight is 166 g/mol. The van der Waals surface area contributed by atoms with Crippen molar-refractivity contribution in [2.75, 3.05) is 6.61 Å². The molecule has 2 rings (SSSR count). The Morgan fingerprint density at radius 3 is 2.92 bits per heavy atom. The molecule has 2 heterocycles. The van der Waals surface area contributed by atoms with E-state index in [1.165, 1.54) is 0 Å². The van der Waals surface area contributed by atoms with Crippen LogP contribution in [0.15, 0.2) is 0 Å². The molecule has 2 aliphatic heterocycles. The van der Waals surface area contributed by atoms with Crippen molar-refractivity contribution in [3.8, 4) is 0 Å². The summed E-state index contributed by atoms with van der Waals surface area (Å²) in [5.74, 6) is 0.450. The van der Waals surface area contributed by atoms with Gasteiger partial charge in [0, 0.05) is 24.9 Å². The third kappa shape index (κ3) is 0.959. The predicted octanol–water partition coefficient (Wildman–Crippen LogP) is 1.08. The Morgan fingerprint density at radius 1 is 1.58 bits per heavy atom. The highest BCUT2D eigenvalue weighted by Crippen LogP contribution is 2.44. The fourth-order valence-corrected chi connectivity index (χ4v) is 2.50. The molecule has 2 bridgehead atoms. The zero-order chi connectivity index (χ0) is 8.77. The Morgan fingerprint density at radius 2 is 2.33 bits per heavy atom.